The molecule has 0 amide bonds. The van der Waals surface area contributed by atoms with E-state index in [4.69, 9.17) is 11.6 Å². The first-order valence-corrected chi connectivity index (χ1v) is 7.86. The van der Waals surface area contributed by atoms with Crippen molar-refractivity contribution in [2.45, 2.75) is 11.6 Å². The van der Waals surface area contributed by atoms with Crippen molar-refractivity contribution in [2.75, 3.05) is 11.8 Å². The molecule has 112 valence electrons. The molecule has 1 heterocycles. The number of aromatic nitrogens is 1. The van der Waals surface area contributed by atoms with Crippen LogP contribution in [-0.2, 0) is 16.6 Å². The lowest BCUT2D eigenvalue weighted by molar-refractivity contribution is 0.595. The van der Waals surface area contributed by atoms with Gasteiger partial charge in [-0.05, 0) is 36.9 Å². The van der Waals surface area contributed by atoms with E-state index in [1.165, 1.54) is 24.4 Å². The highest BCUT2D eigenvalue weighted by Crippen LogP contribution is 2.21. The Bertz CT molecular complexity index is 736. The van der Waals surface area contributed by atoms with Crippen molar-refractivity contribution in [3.8, 4) is 0 Å². The second-order valence-corrected chi connectivity index (χ2v) is 6.33. The van der Waals surface area contributed by atoms with Crippen molar-refractivity contribution >= 4 is 27.3 Å². The monoisotopic (exact) mass is 329 g/mol. The summed E-state index contributed by atoms with van der Waals surface area (Å²) in [6, 6.07) is 6.68. The number of nitrogens with one attached hydrogen (secondary N) is 2. The number of nitrogens with zero attached hydrogens (tertiary/aromatic N) is 1. The van der Waals surface area contributed by atoms with Crippen LogP contribution in [0.5, 0.6) is 0 Å². The minimum absolute atomic E-state index is 0.180. The van der Waals surface area contributed by atoms with Gasteiger partial charge in [0.05, 0.1) is 5.69 Å². The Morgan fingerprint density at radius 2 is 2.05 bits per heavy atom. The third-order valence-corrected chi connectivity index (χ3v) is 4.15. The summed E-state index contributed by atoms with van der Waals surface area (Å²) in [7, 11) is -2.17. The number of pyridine rings is 1. The van der Waals surface area contributed by atoms with Crippen LogP contribution in [0.4, 0.5) is 10.1 Å². The summed E-state index contributed by atoms with van der Waals surface area (Å²) in [6.07, 6.45) is 1.45. The van der Waals surface area contributed by atoms with Gasteiger partial charge in [-0.3, -0.25) is 4.72 Å². The van der Waals surface area contributed by atoms with E-state index < -0.39 is 15.8 Å². The summed E-state index contributed by atoms with van der Waals surface area (Å²) < 4.78 is 40.0. The maximum absolute atomic E-state index is 13.6. The van der Waals surface area contributed by atoms with Crippen molar-refractivity contribution in [1.82, 2.24) is 10.3 Å². The number of halogens is 2. The number of benzene rings is 1. The molecule has 0 saturated heterocycles. The smallest absolute Gasteiger partial charge is 0.279 e. The predicted molar refractivity (Wildman–Crippen MR) is 79.2 cm³/mol. The first-order valence-electron chi connectivity index (χ1n) is 6.00. The van der Waals surface area contributed by atoms with E-state index in [0.29, 0.717) is 6.54 Å². The third-order valence-electron chi connectivity index (χ3n) is 2.63. The van der Waals surface area contributed by atoms with Gasteiger partial charge in [-0.1, -0.05) is 17.7 Å². The largest absolute Gasteiger partial charge is 0.316 e. The van der Waals surface area contributed by atoms with E-state index in [1.807, 2.05) is 0 Å². The molecule has 0 aliphatic rings. The molecule has 0 unspecified atom stereocenters. The highest BCUT2D eigenvalue weighted by Gasteiger charge is 2.17. The van der Waals surface area contributed by atoms with Crippen molar-refractivity contribution in [1.29, 1.82) is 0 Å². The molecular formula is C13H13ClFN3O2S. The number of hydrogen-bond acceptors (Lipinski definition) is 4. The van der Waals surface area contributed by atoms with E-state index in [-0.39, 0.29) is 15.7 Å². The molecule has 0 radical (unpaired) electrons. The summed E-state index contributed by atoms with van der Waals surface area (Å²) in [5, 5.41) is 2.93. The molecule has 5 nitrogen and oxygen atoms in total. The second-order valence-electron chi connectivity index (χ2n) is 4.26. The van der Waals surface area contributed by atoms with E-state index in [9.17, 15) is 12.8 Å². The first kappa shape index (κ1) is 15.7. The molecule has 2 N–H and O–H groups in total. The van der Waals surface area contributed by atoms with Crippen LogP contribution in [0.2, 0.25) is 5.02 Å². The fraction of sp³-hybridized carbons (Fsp3) is 0.154. The molecular weight excluding hydrogens is 317 g/mol. The Kier molecular flexibility index (Phi) is 4.76. The Hall–Kier alpha value is -1.70. The van der Waals surface area contributed by atoms with Crippen LogP contribution in [0.1, 0.15) is 5.56 Å². The van der Waals surface area contributed by atoms with Crippen molar-refractivity contribution in [3.05, 3.63) is 52.9 Å². The van der Waals surface area contributed by atoms with Gasteiger partial charge < -0.3 is 5.32 Å². The topological polar surface area (TPSA) is 71.1 Å². The van der Waals surface area contributed by atoms with Crippen LogP contribution in [0.25, 0.3) is 0 Å². The van der Waals surface area contributed by atoms with Gasteiger partial charge in [0.1, 0.15) is 5.82 Å². The maximum atomic E-state index is 13.6. The van der Waals surface area contributed by atoms with Gasteiger partial charge in [-0.2, -0.15) is 8.42 Å². The predicted octanol–water partition coefficient (Wildman–Crippen LogP) is 2.39. The van der Waals surface area contributed by atoms with Crippen LogP contribution >= 0.6 is 11.6 Å². The SMILES string of the molecule is CNCc1ccc(S(=O)(=O)Nc2ccc(Cl)cc2F)nc1. The third kappa shape index (κ3) is 3.90. The molecule has 0 aliphatic carbocycles. The lowest BCUT2D eigenvalue weighted by Gasteiger charge is -2.09. The lowest BCUT2D eigenvalue weighted by atomic mass is 10.3. The van der Waals surface area contributed by atoms with Gasteiger partial charge in [-0.15, -0.1) is 0 Å². The van der Waals surface area contributed by atoms with Gasteiger partial charge in [0.2, 0.25) is 0 Å². The Morgan fingerprint density at radius 3 is 2.62 bits per heavy atom. The van der Waals surface area contributed by atoms with E-state index in [1.54, 1.807) is 13.1 Å². The van der Waals surface area contributed by atoms with E-state index in [2.05, 4.69) is 15.0 Å². The standard InChI is InChI=1S/C13H13ClFN3O2S/c1-16-7-9-2-5-13(17-8-9)21(19,20)18-12-4-3-10(14)6-11(12)15/h2-6,8,16,18H,7H2,1H3. The van der Waals surface area contributed by atoms with Gasteiger partial charge >= 0.3 is 0 Å². The molecule has 0 bridgehead atoms. The van der Waals surface area contributed by atoms with Crippen LogP contribution in [0.3, 0.4) is 0 Å². The van der Waals surface area contributed by atoms with Crippen LogP contribution in [-0.4, -0.2) is 20.4 Å². The number of anilines is 1. The fourth-order valence-electron chi connectivity index (χ4n) is 1.65. The zero-order valence-corrected chi connectivity index (χ0v) is 12.7. The molecule has 2 aromatic rings. The Morgan fingerprint density at radius 1 is 1.29 bits per heavy atom. The average molecular weight is 330 g/mol. The summed E-state index contributed by atoms with van der Waals surface area (Å²) in [6.45, 7) is 0.576. The van der Waals surface area contributed by atoms with Gasteiger partial charge in [0, 0.05) is 17.8 Å². The quantitative estimate of drug-likeness (QED) is 0.883. The van der Waals surface area contributed by atoms with Crippen molar-refractivity contribution in [3.63, 3.8) is 0 Å². The molecule has 0 aliphatic heterocycles. The molecule has 0 fully saturated rings. The molecule has 1 aromatic heterocycles. The molecule has 0 atom stereocenters. The minimum Gasteiger partial charge on any atom is -0.316 e. The summed E-state index contributed by atoms with van der Waals surface area (Å²) in [4.78, 5) is 3.87. The second kappa shape index (κ2) is 6.38. The highest BCUT2D eigenvalue weighted by atomic mass is 35.5. The van der Waals surface area contributed by atoms with E-state index >= 15 is 0 Å². The molecule has 1 aromatic carbocycles. The number of rotatable bonds is 5. The molecule has 21 heavy (non-hydrogen) atoms. The molecule has 2 rings (SSSR count). The Labute approximate surface area is 127 Å². The maximum Gasteiger partial charge on any atom is 0.279 e. The summed E-state index contributed by atoms with van der Waals surface area (Å²) >= 11 is 5.62. The lowest BCUT2D eigenvalue weighted by Crippen LogP contribution is -2.16. The average Bonchev–Trinajstić information content (AvgIpc) is 2.43. The minimum atomic E-state index is -3.94. The van der Waals surface area contributed by atoms with Crippen molar-refractivity contribution < 1.29 is 12.8 Å². The van der Waals surface area contributed by atoms with Crippen molar-refractivity contribution in [2.24, 2.45) is 0 Å². The van der Waals surface area contributed by atoms with Gasteiger partial charge in [-0.25, -0.2) is 9.37 Å². The highest BCUT2D eigenvalue weighted by molar-refractivity contribution is 7.92. The van der Waals surface area contributed by atoms with Gasteiger partial charge in [0.15, 0.2) is 5.03 Å². The fourth-order valence-corrected chi connectivity index (χ4v) is 2.80. The molecule has 0 spiro atoms. The van der Waals surface area contributed by atoms with Gasteiger partial charge in [0.25, 0.3) is 10.0 Å². The normalized spacial score (nSPS) is 11.4. The number of hydrogen-bond donors (Lipinski definition) is 2. The first-order chi connectivity index (χ1) is 9.92. The summed E-state index contributed by atoms with van der Waals surface area (Å²) in [5.74, 6) is -0.752. The van der Waals surface area contributed by atoms with Crippen LogP contribution < -0.4 is 10.0 Å². The summed E-state index contributed by atoms with van der Waals surface area (Å²) in [5.41, 5.74) is 0.662. The van der Waals surface area contributed by atoms with E-state index in [0.717, 1.165) is 11.6 Å². The molecule has 0 saturated carbocycles. The number of sulfonamides is 1. The Balaban J connectivity index is 2.25. The van der Waals surface area contributed by atoms with Crippen LogP contribution in [0, 0.1) is 5.82 Å². The van der Waals surface area contributed by atoms with Crippen LogP contribution in [0.15, 0.2) is 41.6 Å². The molecule has 8 heteroatoms. The zero-order valence-electron chi connectivity index (χ0n) is 11.1. The zero-order chi connectivity index (χ0) is 15.5.